The number of benzene rings is 3. The second-order valence-corrected chi connectivity index (χ2v) is 10.7. The summed E-state index contributed by atoms with van der Waals surface area (Å²) in [6.45, 7) is 4.53. The van der Waals surface area contributed by atoms with Gasteiger partial charge in [0.05, 0.1) is 27.4 Å². The van der Waals surface area contributed by atoms with Crippen LogP contribution >= 0.6 is 23.4 Å². The maximum absolute atomic E-state index is 13.7. The van der Waals surface area contributed by atoms with Crippen LogP contribution in [0.1, 0.15) is 35.3 Å². The van der Waals surface area contributed by atoms with Crippen LogP contribution in [0.5, 0.6) is 0 Å². The fourth-order valence-corrected chi connectivity index (χ4v) is 6.22. The van der Waals surface area contributed by atoms with Gasteiger partial charge in [-0.05, 0) is 36.6 Å². The molecule has 1 unspecified atom stereocenters. The maximum Gasteiger partial charge on any atom is 0.240 e. The van der Waals surface area contributed by atoms with Gasteiger partial charge in [-0.2, -0.15) is 5.10 Å². The minimum atomic E-state index is -0.210. The number of anilines is 1. The molecule has 6 nitrogen and oxygen atoms in total. The topological polar surface area (TPSA) is 67.2 Å². The number of nitrogens with zero attached hydrogens (tertiary/aromatic N) is 3. The van der Waals surface area contributed by atoms with E-state index in [1.807, 2.05) is 67.6 Å². The van der Waals surface area contributed by atoms with Crippen LogP contribution in [-0.2, 0) is 9.59 Å². The monoisotopic (exact) mass is 544 g/mol. The van der Waals surface area contributed by atoms with Crippen molar-refractivity contribution in [1.82, 2.24) is 15.1 Å². The van der Waals surface area contributed by atoms with E-state index in [4.69, 9.17) is 16.7 Å². The predicted molar refractivity (Wildman–Crippen MR) is 155 cm³/mol. The highest BCUT2D eigenvalue weighted by atomic mass is 35.5. The van der Waals surface area contributed by atoms with Gasteiger partial charge in [0, 0.05) is 17.7 Å². The number of fused-ring (bicyclic) bond motifs is 1. The molecule has 194 valence electrons. The Hall–Kier alpha value is -3.55. The Kier molecular flexibility index (Phi) is 7.86. The molecule has 0 radical (unpaired) electrons. The van der Waals surface area contributed by atoms with E-state index in [1.165, 1.54) is 0 Å². The molecule has 1 atom stereocenters. The van der Waals surface area contributed by atoms with Crippen LogP contribution < -0.4 is 10.2 Å². The number of carbonyl (C=O) groups excluding carboxylic acids is 2. The number of aromatic nitrogens is 2. The van der Waals surface area contributed by atoms with Crippen LogP contribution in [0, 0.1) is 6.92 Å². The molecule has 5 rings (SSSR count). The fourth-order valence-electron chi connectivity index (χ4n) is 4.71. The van der Waals surface area contributed by atoms with Gasteiger partial charge >= 0.3 is 0 Å². The van der Waals surface area contributed by atoms with Crippen molar-refractivity contribution in [2.75, 3.05) is 23.7 Å². The molecule has 8 heteroatoms. The second kappa shape index (κ2) is 11.5. The van der Waals surface area contributed by atoms with Crippen molar-refractivity contribution in [3.05, 3.63) is 101 Å². The average Bonchev–Trinajstić information content (AvgIpc) is 3.25. The van der Waals surface area contributed by atoms with E-state index in [9.17, 15) is 9.59 Å². The van der Waals surface area contributed by atoms with Gasteiger partial charge in [-0.3, -0.25) is 14.5 Å². The van der Waals surface area contributed by atoms with Crippen molar-refractivity contribution < 1.29 is 9.59 Å². The molecule has 1 aliphatic rings. The van der Waals surface area contributed by atoms with Crippen LogP contribution in [0.2, 0.25) is 5.02 Å². The molecule has 0 spiro atoms. The van der Waals surface area contributed by atoms with Crippen molar-refractivity contribution in [3.8, 4) is 16.9 Å². The van der Waals surface area contributed by atoms with Crippen molar-refractivity contribution in [3.63, 3.8) is 0 Å². The Labute approximate surface area is 232 Å². The second-order valence-electron chi connectivity index (χ2n) is 9.19. The maximum atomic E-state index is 13.7. The van der Waals surface area contributed by atoms with Gasteiger partial charge < -0.3 is 5.32 Å². The fraction of sp³-hybridized carbons (Fsp3) is 0.233. The number of para-hydroxylation sites is 1. The molecule has 3 aromatic carbocycles. The number of thioether (sulfide) groups is 1. The van der Waals surface area contributed by atoms with Gasteiger partial charge in [-0.15, -0.1) is 11.8 Å². The molecule has 0 aliphatic carbocycles. The largest absolute Gasteiger partial charge is 0.355 e. The molecule has 0 bridgehead atoms. The van der Waals surface area contributed by atoms with Crippen LogP contribution in [0.3, 0.4) is 0 Å². The SMILES string of the molecule is CCCNC(=O)CN1C(=O)CSC(c2ccccc2C)c2c(-c3ccccc3)nn(-c3ccccc3Cl)c21. The summed E-state index contributed by atoms with van der Waals surface area (Å²) in [6.07, 6.45) is 0.811. The van der Waals surface area contributed by atoms with Crippen LogP contribution in [0.15, 0.2) is 78.9 Å². The third-order valence-corrected chi connectivity index (χ3v) is 8.12. The first-order valence-electron chi connectivity index (χ1n) is 12.7. The lowest BCUT2D eigenvalue weighted by molar-refractivity contribution is -0.122. The van der Waals surface area contributed by atoms with Gasteiger partial charge in [0.15, 0.2) is 0 Å². The Morgan fingerprint density at radius 1 is 1.05 bits per heavy atom. The zero-order valence-corrected chi connectivity index (χ0v) is 22.9. The van der Waals surface area contributed by atoms with Crippen LogP contribution in [-0.4, -0.2) is 40.4 Å². The van der Waals surface area contributed by atoms with E-state index in [-0.39, 0.29) is 29.4 Å². The van der Waals surface area contributed by atoms with Gasteiger partial charge in [0.25, 0.3) is 0 Å². The molecule has 4 aromatic rings. The first-order valence-corrected chi connectivity index (χ1v) is 14.1. The molecule has 1 aromatic heterocycles. The van der Waals surface area contributed by atoms with Crippen molar-refractivity contribution in [2.24, 2.45) is 0 Å². The number of hydrogen-bond acceptors (Lipinski definition) is 4. The molecule has 0 saturated carbocycles. The summed E-state index contributed by atoms with van der Waals surface area (Å²) in [5.74, 6) is 0.447. The van der Waals surface area contributed by atoms with Gasteiger partial charge in [0.1, 0.15) is 12.4 Å². The van der Waals surface area contributed by atoms with E-state index < -0.39 is 0 Å². The van der Waals surface area contributed by atoms with Crippen molar-refractivity contribution in [1.29, 1.82) is 0 Å². The predicted octanol–water partition coefficient (Wildman–Crippen LogP) is 6.20. The lowest BCUT2D eigenvalue weighted by atomic mass is 9.97. The molecule has 2 amide bonds. The summed E-state index contributed by atoms with van der Waals surface area (Å²) in [5, 5.41) is 8.33. The highest BCUT2D eigenvalue weighted by Gasteiger charge is 2.38. The summed E-state index contributed by atoms with van der Waals surface area (Å²) < 4.78 is 1.74. The standard InChI is InChI=1S/C30H29ClN4O2S/c1-3-17-32-25(36)18-34-26(37)19-38-29(22-14-8-7-11-20(22)2)27-28(21-12-5-4-6-13-21)33-35(30(27)34)24-16-10-9-15-23(24)31/h4-16,29H,3,17-19H2,1-2H3,(H,32,36). The number of aryl methyl sites for hydroxylation is 1. The minimum Gasteiger partial charge on any atom is -0.355 e. The lowest BCUT2D eigenvalue weighted by Crippen LogP contribution is -2.42. The highest BCUT2D eigenvalue weighted by molar-refractivity contribution is 8.00. The summed E-state index contributed by atoms with van der Waals surface area (Å²) in [6, 6.07) is 25.6. The smallest absolute Gasteiger partial charge is 0.240 e. The number of rotatable bonds is 7. The van der Waals surface area contributed by atoms with E-state index >= 15 is 0 Å². The minimum absolute atomic E-state index is 0.0999. The summed E-state index contributed by atoms with van der Waals surface area (Å²) in [4.78, 5) is 28.3. The number of nitrogens with one attached hydrogen (secondary N) is 1. The zero-order valence-electron chi connectivity index (χ0n) is 21.4. The summed E-state index contributed by atoms with van der Waals surface area (Å²) >= 11 is 8.25. The molecule has 2 heterocycles. The third-order valence-electron chi connectivity index (χ3n) is 6.56. The van der Waals surface area contributed by atoms with E-state index in [2.05, 4.69) is 24.4 Å². The number of hydrogen-bond donors (Lipinski definition) is 1. The molecule has 1 N–H and O–H groups in total. The Morgan fingerprint density at radius 3 is 2.50 bits per heavy atom. The number of halogens is 1. The summed E-state index contributed by atoms with van der Waals surface area (Å²) in [5.41, 5.74) is 5.47. The number of amides is 2. The Bertz CT molecular complexity index is 1470. The molecule has 38 heavy (non-hydrogen) atoms. The Balaban J connectivity index is 1.81. The molecule has 1 aliphatic heterocycles. The van der Waals surface area contributed by atoms with Gasteiger partial charge in [0.2, 0.25) is 11.8 Å². The normalized spacial score (nSPS) is 15.2. The van der Waals surface area contributed by atoms with Crippen LogP contribution in [0.4, 0.5) is 5.82 Å². The first-order chi connectivity index (χ1) is 18.5. The molecular weight excluding hydrogens is 516 g/mol. The van der Waals surface area contributed by atoms with E-state index in [0.29, 0.717) is 23.1 Å². The summed E-state index contributed by atoms with van der Waals surface area (Å²) in [7, 11) is 0. The van der Waals surface area contributed by atoms with Crippen molar-refractivity contribution in [2.45, 2.75) is 25.5 Å². The molecular formula is C30H29ClN4O2S. The van der Waals surface area contributed by atoms with Gasteiger partial charge in [-0.1, -0.05) is 85.3 Å². The zero-order chi connectivity index (χ0) is 26.6. The van der Waals surface area contributed by atoms with Crippen molar-refractivity contribution >= 4 is 41.0 Å². The average molecular weight is 545 g/mol. The third kappa shape index (κ3) is 5.08. The van der Waals surface area contributed by atoms with E-state index in [1.54, 1.807) is 27.4 Å². The number of carbonyl (C=O) groups is 2. The quantitative estimate of drug-likeness (QED) is 0.301. The van der Waals surface area contributed by atoms with Crippen LogP contribution in [0.25, 0.3) is 16.9 Å². The highest BCUT2D eigenvalue weighted by Crippen LogP contribution is 2.49. The molecule has 0 saturated heterocycles. The molecule has 0 fully saturated rings. The van der Waals surface area contributed by atoms with Gasteiger partial charge in [-0.25, -0.2) is 4.68 Å². The Morgan fingerprint density at radius 2 is 1.76 bits per heavy atom. The lowest BCUT2D eigenvalue weighted by Gasteiger charge is -2.23. The van der Waals surface area contributed by atoms with E-state index in [0.717, 1.165) is 34.4 Å². The first kappa shape index (κ1) is 26.1.